The predicted octanol–water partition coefficient (Wildman–Crippen LogP) is 14.1. The van der Waals surface area contributed by atoms with E-state index in [0.29, 0.717) is 17.5 Å². The first-order valence-corrected chi connectivity index (χ1v) is 20.4. The highest BCUT2D eigenvalue weighted by Gasteiger charge is 2.35. The quantitative estimate of drug-likeness (QED) is 0.163. The second-order valence-corrected chi connectivity index (χ2v) is 16.2. The van der Waals surface area contributed by atoms with Gasteiger partial charge in [-0.05, 0) is 69.8 Å². The summed E-state index contributed by atoms with van der Waals surface area (Å²) < 4.78 is 6.53. The number of aromatic nitrogens is 4. The van der Waals surface area contributed by atoms with Crippen LogP contribution in [-0.4, -0.2) is 19.9 Å². The number of furan rings is 1. The van der Waals surface area contributed by atoms with Crippen molar-refractivity contribution in [3.8, 4) is 67.7 Å². The number of rotatable bonds is 5. The number of pyridine rings is 1. The van der Waals surface area contributed by atoms with E-state index in [4.69, 9.17) is 24.4 Å². The first-order chi connectivity index (χ1) is 29.5. The van der Waals surface area contributed by atoms with E-state index in [-0.39, 0.29) is 5.41 Å². The maximum atomic E-state index is 6.53. The molecule has 0 atom stereocenters. The number of fused-ring (bicyclic) bond motifs is 10. The van der Waals surface area contributed by atoms with Crippen LogP contribution in [0, 0.1) is 0 Å². The second-order valence-electron chi connectivity index (χ2n) is 16.2. The Morgan fingerprint density at radius 1 is 0.367 bits per heavy atom. The Hall–Kier alpha value is -7.76. The standard InChI is InChI=1S/C55H36N4O/c1-55(2)44-19-11-9-17-39(44)42-32-38(25-28-45(42)55)54-58-52(35-15-7-4-8-16-35)57-53(59-54)36-23-21-33(22-24-36)37-26-29-47-43(31-37)50-48(60-47)30-27-41-49(50)40-18-10-12-20-46(40)56-51(41)34-13-5-3-6-14-34/h3-32H,1-2H3. The Labute approximate surface area is 346 Å². The van der Waals surface area contributed by atoms with Crippen LogP contribution in [0.3, 0.4) is 0 Å². The summed E-state index contributed by atoms with van der Waals surface area (Å²) in [5, 5.41) is 5.53. The van der Waals surface area contributed by atoms with E-state index in [1.54, 1.807) is 0 Å². The monoisotopic (exact) mass is 768 g/mol. The highest BCUT2D eigenvalue weighted by atomic mass is 16.3. The van der Waals surface area contributed by atoms with Crippen molar-refractivity contribution in [1.82, 2.24) is 19.9 Å². The van der Waals surface area contributed by atoms with E-state index in [1.807, 2.05) is 36.4 Å². The summed E-state index contributed by atoms with van der Waals surface area (Å²) in [6, 6.07) is 63.6. The van der Waals surface area contributed by atoms with Gasteiger partial charge in [0, 0.05) is 54.6 Å². The van der Waals surface area contributed by atoms with Gasteiger partial charge in [-0.3, -0.25) is 0 Å². The molecule has 0 unspecified atom stereocenters. The fourth-order valence-electron chi connectivity index (χ4n) is 9.33. The van der Waals surface area contributed by atoms with Crippen molar-refractivity contribution in [2.45, 2.75) is 19.3 Å². The Bertz CT molecular complexity index is 3500. The summed E-state index contributed by atoms with van der Waals surface area (Å²) in [5.41, 5.74) is 14.8. The van der Waals surface area contributed by atoms with Gasteiger partial charge in [-0.15, -0.1) is 0 Å². The third-order valence-corrected chi connectivity index (χ3v) is 12.3. The SMILES string of the molecule is CC1(C)c2ccccc2-c2cc(-c3nc(-c4ccccc4)nc(-c4ccc(-c5ccc6oc7ccc8c(-c9ccccc9)nc9ccccc9c8c7c6c5)cc4)n3)ccc21. The lowest BCUT2D eigenvalue weighted by Gasteiger charge is -2.21. The Kier molecular flexibility index (Phi) is 7.51. The van der Waals surface area contributed by atoms with Crippen LogP contribution in [0.4, 0.5) is 0 Å². The highest BCUT2D eigenvalue weighted by molar-refractivity contribution is 6.28. The van der Waals surface area contributed by atoms with Crippen LogP contribution >= 0.6 is 0 Å². The van der Waals surface area contributed by atoms with Crippen molar-refractivity contribution in [1.29, 1.82) is 0 Å². The first kappa shape index (κ1) is 34.3. The molecule has 12 rings (SSSR count). The minimum atomic E-state index is -0.0769. The van der Waals surface area contributed by atoms with E-state index in [0.717, 1.165) is 82.7 Å². The van der Waals surface area contributed by atoms with E-state index < -0.39 is 0 Å². The van der Waals surface area contributed by atoms with Gasteiger partial charge in [0.15, 0.2) is 17.5 Å². The topological polar surface area (TPSA) is 64.7 Å². The van der Waals surface area contributed by atoms with Gasteiger partial charge in [-0.1, -0.05) is 159 Å². The molecule has 5 heteroatoms. The highest BCUT2D eigenvalue weighted by Crippen LogP contribution is 2.49. The zero-order valence-corrected chi connectivity index (χ0v) is 33.0. The molecule has 60 heavy (non-hydrogen) atoms. The lowest BCUT2D eigenvalue weighted by molar-refractivity contribution is 0.660. The lowest BCUT2D eigenvalue weighted by Crippen LogP contribution is -2.14. The summed E-state index contributed by atoms with van der Waals surface area (Å²) in [6.07, 6.45) is 0. The number of hydrogen-bond donors (Lipinski definition) is 0. The average Bonchev–Trinajstić information content (AvgIpc) is 3.80. The molecule has 0 fully saturated rings. The zero-order valence-electron chi connectivity index (χ0n) is 33.0. The van der Waals surface area contributed by atoms with Gasteiger partial charge in [-0.2, -0.15) is 0 Å². The first-order valence-electron chi connectivity index (χ1n) is 20.4. The van der Waals surface area contributed by atoms with Gasteiger partial charge in [-0.25, -0.2) is 19.9 Å². The molecule has 1 aliphatic carbocycles. The molecular formula is C55H36N4O. The predicted molar refractivity (Wildman–Crippen MR) is 245 cm³/mol. The van der Waals surface area contributed by atoms with Crippen molar-refractivity contribution < 1.29 is 4.42 Å². The minimum absolute atomic E-state index is 0.0769. The van der Waals surface area contributed by atoms with Gasteiger partial charge in [0.05, 0.1) is 11.2 Å². The van der Waals surface area contributed by atoms with Gasteiger partial charge in [0.2, 0.25) is 0 Å². The van der Waals surface area contributed by atoms with E-state index in [9.17, 15) is 0 Å². The van der Waals surface area contributed by atoms with Crippen molar-refractivity contribution in [2.24, 2.45) is 0 Å². The third kappa shape index (κ3) is 5.33. The zero-order chi connectivity index (χ0) is 40.0. The van der Waals surface area contributed by atoms with Crippen LogP contribution in [0.25, 0.3) is 111 Å². The molecule has 0 N–H and O–H groups in total. The Morgan fingerprint density at radius 3 is 1.73 bits per heavy atom. The summed E-state index contributed by atoms with van der Waals surface area (Å²) in [7, 11) is 0. The Balaban J connectivity index is 0.973. The fourth-order valence-corrected chi connectivity index (χ4v) is 9.33. The molecule has 11 aromatic rings. The number of para-hydroxylation sites is 1. The van der Waals surface area contributed by atoms with Crippen molar-refractivity contribution >= 4 is 43.6 Å². The largest absolute Gasteiger partial charge is 0.456 e. The van der Waals surface area contributed by atoms with Gasteiger partial charge in [0.25, 0.3) is 0 Å². The lowest BCUT2D eigenvalue weighted by atomic mass is 9.82. The molecule has 0 saturated heterocycles. The molecule has 0 saturated carbocycles. The van der Waals surface area contributed by atoms with E-state index in [2.05, 4.69) is 159 Å². The number of benzene rings is 8. The molecule has 3 heterocycles. The summed E-state index contributed by atoms with van der Waals surface area (Å²) in [6.45, 7) is 4.60. The third-order valence-electron chi connectivity index (χ3n) is 12.3. The molecule has 0 spiro atoms. The smallest absolute Gasteiger partial charge is 0.164 e. The summed E-state index contributed by atoms with van der Waals surface area (Å²) in [4.78, 5) is 20.4. The van der Waals surface area contributed by atoms with Crippen LogP contribution in [0.1, 0.15) is 25.0 Å². The van der Waals surface area contributed by atoms with Crippen molar-refractivity contribution in [3.05, 3.63) is 193 Å². The van der Waals surface area contributed by atoms with Crippen LogP contribution in [0.2, 0.25) is 0 Å². The maximum absolute atomic E-state index is 6.53. The van der Waals surface area contributed by atoms with Gasteiger partial charge >= 0.3 is 0 Å². The molecule has 0 aliphatic heterocycles. The van der Waals surface area contributed by atoms with E-state index >= 15 is 0 Å². The summed E-state index contributed by atoms with van der Waals surface area (Å²) in [5.74, 6) is 1.92. The molecule has 3 aromatic heterocycles. The number of hydrogen-bond acceptors (Lipinski definition) is 5. The van der Waals surface area contributed by atoms with Crippen LogP contribution in [-0.2, 0) is 5.41 Å². The molecule has 0 radical (unpaired) electrons. The van der Waals surface area contributed by atoms with Gasteiger partial charge in [0.1, 0.15) is 11.2 Å². The fraction of sp³-hybridized carbons (Fsp3) is 0.0545. The van der Waals surface area contributed by atoms with E-state index in [1.165, 1.54) is 22.3 Å². The molecular weight excluding hydrogens is 733 g/mol. The molecule has 0 bridgehead atoms. The summed E-state index contributed by atoms with van der Waals surface area (Å²) >= 11 is 0. The second kappa shape index (κ2) is 13.1. The van der Waals surface area contributed by atoms with Crippen molar-refractivity contribution in [2.75, 3.05) is 0 Å². The average molecular weight is 769 g/mol. The maximum Gasteiger partial charge on any atom is 0.164 e. The molecule has 5 nitrogen and oxygen atoms in total. The van der Waals surface area contributed by atoms with Gasteiger partial charge < -0.3 is 4.42 Å². The van der Waals surface area contributed by atoms with Crippen LogP contribution in [0.5, 0.6) is 0 Å². The normalized spacial score (nSPS) is 13.0. The van der Waals surface area contributed by atoms with Crippen molar-refractivity contribution in [3.63, 3.8) is 0 Å². The Morgan fingerprint density at radius 2 is 0.950 bits per heavy atom. The minimum Gasteiger partial charge on any atom is -0.456 e. The van der Waals surface area contributed by atoms with Crippen LogP contribution < -0.4 is 0 Å². The molecule has 282 valence electrons. The molecule has 8 aromatic carbocycles. The molecule has 1 aliphatic rings. The van der Waals surface area contributed by atoms with Crippen LogP contribution in [0.15, 0.2) is 186 Å². The molecule has 0 amide bonds. The number of nitrogens with zero attached hydrogens (tertiary/aromatic N) is 4.